The molecule has 6 heteroatoms. The Bertz CT molecular complexity index is 671. The highest BCUT2D eigenvalue weighted by Crippen LogP contribution is 2.35. The number of nitrogens with one attached hydrogen (secondary N) is 1. The van der Waals surface area contributed by atoms with E-state index in [1.165, 1.54) is 17.6 Å². The molecule has 1 aromatic carbocycles. The molecule has 0 aliphatic rings. The van der Waals surface area contributed by atoms with Crippen molar-refractivity contribution in [3.05, 3.63) is 42.0 Å². The van der Waals surface area contributed by atoms with E-state index < -0.39 is 5.91 Å². The molecule has 20 heavy (non-hydrogen) atoms. The molecule has 2 N–H and O–H groups in total. The van der Waals surface area contributed by atoms with Gasteiger partial charge in [-0.1, -0.05) is 41.7 Å². The molecule has 100 valence electrons. The van der Waals surface area contributed by atoms with Gasteiger partial charge in [-0.3, -0.25) is 4.79 Å². The summed E-state index contributed by atoms with van der Waals surface area (Å²) in [7, 11) is 0. The van der Waals surface area contributed by atoms with E-state index in [-0.39, 0.29) is 11.5 Å². The number of nitrogens with zero attached hydrogens (tertiary/aromatic N) is 2. The molecule has 0 unspecified atom stereocenters. The van der Waals surface area contributed by atoms with Gasteiger partial charge in [0.25, 0.3) is 5.91 Å². The van der Waals surface area contributed by atoms with Crippen LogP contribution in [0.25, 0.3) is 10.4 Å². The summed E-state index contributed by atoms with van der Waals surface area (Å²) in [5.41, 5.74) is 3.73. The Morgan fingerprint density at radius 3 is 2.90 bits per heavy atom. The van der Waals surface area contributed by atoms with Crippen LogP contribution in [-0.2, 0) is 4.79 Å². The summed E-state index contributed by atoms with van der Waals surface area (Å²) in [6.07, 6.45) is 1.11. The van der Waals surface area contributed by atoms with E-state index in [1.54, 1.807) is 12.1 Å². The maximum absolute atomic E-state index is 11.0. The van der Waals surface area contributed by atoms with E-state index in [2.05, 4.69) is 10.5 Å². The van der Waals surface area contributed by atoms with Crippen molar-refractivity contribution in [2.45, 2.75) is 6.42 Å². The van der Waals surface area contributed by atoms with Gasteiger partial charge in [-0.05, 0) is 11.6 Å². The Kier molecular flexibility index (Phi) is 4.47. The summed E-state index contributed by atoms with van der Waals surface area (Å²) in [5, 5.41) is 22.0. The van der Waals surface area contributed by atoms with E-state index in [9.17, 15) is 9.90 Å². The number of rotatable bonds is 4. The summed E-state index contributed by atoms with van der Waals surface area (Å²) in [4.78, 5) is 11.9. The molecule has 0 atom stereocenters. The van der Waals surface area contributed by atoms with Gasteiger partial charge in [-0.25, -0.2) is 5.43 Å². The van der Waals surface area contributed by atoms with Gasteiger partial charge in [0, 0.05) is 10.4 Å². The number of carbonyl (C=O) groups is 1. The summed E-state index contributed by atoms with van der Waals surface area (Å²) in [5.74, 6) is -0.484. The summed E-state index contributed by atoms with van der Waals surface area (Å²) in [6, 6.07) is 13.2. The van der Waals surface area contributed by atoms with Crippen molar-refractivity contribution in [3.63, 3.8) is 0 Å². The smallest absolute Gasteiger partial charge is 0.254 e. The first kappa shape index (κ1) is 13.8. The molecule has 1 amide bonds. The molecule has 2 aromatic rings. The maximum atomic E-state index is 11.0. The molecule has 0 fully saturated rings. The van der Waals surface area contributed by atoms with Crippen molar-refractivity contribution < 1.29 is 9.90 Å². The second-order valence-corrected chi connectivity index (χ2v) is 4.90. The van der Waals surface area contributed by atoms with E-state index in [0.717, 1.165) is 10.4 Å². The normalized spacial score (nSPS) is 10.3. The first-order chi connectivity index (χ1) is 9.70. The van der Waals surface area contributed by atoms with Gasteiger partial charge < -0.3 is 5.11 Å². The van der Waals surface area contributed by atoms with Crippen molar-refractivity contribution in [1.82, 2.24) is 5.43 Å². The standard InChI is InChI=1S/C14H11N3O2S/c15-7-6-13(18)17-16-9-11-8-12(20-14(11)19)10-4-2-1-3-5-10/h1-5,8-9,19H,6H2,(H,17,18)/b16-9-. The Morgan fingerprint density at radius 1 is 1.45 bits per heavy atom. The van der Waals surface area contributed by atoms with Crippen LogP contribution in [0.5, 0.6) is 5.06 Å². The van der Waals surface area contributed by atoms with E-state index in [4.69, 9.17) is 5.26 Å². The molecule has 0 aliphatic carbocycles. The largest absolute Gasteiger partial charge is 0.499 e. The summed E-state index contributed by atoms with van der Waals surface area (Å²) < 4.78 is 0. The number of amides is 1. The van der Waals surface area contributed by atoms with Crippen LogP contribution in [-0.4, -0.2) is 17.2 Å². The van der Waals surface area contributed by atoms with Gasteiger partial charge in [0.15, 0.2) is 5.06 Å². The van der Waals surface area contributed by atoms with Gasteiger partial charge in [-0.15, -0.1) is 0 Å². The van der Waals surface area contributed by atoms with Crippen LogP contribution in [0.1, 0.15) is 12.0 Å². The van der Waals surface area contributed by atoms with Gasteiger partial charge in [-0.2, -0.15) is 10.4 Å². The lowest BCUT2D eigenvalue weighted by molar-refractivity contribution is -0.120. The molecule has 5 nitrogen and oxygen atoms in total. The van der Waals surface area contributed by atoms with E-state index >= 15 is 0 Å². The second kappa shape index (κ2) is 6.50. The monoisotopic (exact) mass is 285 g/mol. The number of thiophene rings is 1. The molecular formula is C14H11N3O2S. The topological polar surface area (TPSA) is 85.5 Å². The number of hydrazone groups is 1. The fourth-order valence-electron chi connectivity index (χ4n) is 1.52. The molecular weight excluding hydrogens is 274 g/mol. The van der Waals surface area contributed by atoms with E-state index in [0.29, 0.717) is 5.56 Å². The zero-order chi connectivity index (χ0) is 14.4. The fraction of sp³-hybridized carbons (Fsp3) is 0.0714. The molecule has 0 radical (unpaired) electrons. The Labute approximate surface area is 119 Å². The first-order valence-corrected chi connectivity index (χ1v) is 6.59. The Balaban J connectivity index is 2.11. The predicted octanol–water partition coefficient (Wildman–Crippen LogP) is 2.48. The quantitative estimate of drug-likeness (QED) is 0.668. The van der Waals surface area contributed by atoms with Crippen LogP contribution in [0, 0.1) is 11.3 Å². The highest BCUT2D eigenvalue weighted by molar-refractivity contribution is 7.17. The molecule has 0 aliphatic heterocycles. The van der Waals surface area contributed by atoms with Crippen LogP contribution in [0.4, 0.5) is 0 Å². The van der Waals surface area contributed by atoms with Crippen molar-refractivity contribution in [1.29, 1.82) is 5.26 Å². The average Bonchev–Trinajstić information content (AvgIpc) is 2.82. The molecule has 2 rings (SSSR count). The Morgan fingerprint density at radius 2 is 2.20 bits per heavy atom. The van der Waals surface area contributed by atoms with Crippen LogP contribution < -0.4 is 5.43 Å². The molecule has 1 heterocycles. The average molecular weight is 285 g/mol. The van der Waals surface area contributed by atoms with Crippen molar-refractivity contribution in [3.8, 4) is 21.6 Å². The number of nitriles is 1. The Hall–Kier alpha value is -2.65. The predicted molar refractivity (Wildman–Crippen MR) is 77.4 cm³/mol. The van der Waals surface area contributed by atoms with Crippen molar-refractivity contribution in [2.24, 2.45) is 5.10 Å². The SMILES string of the molecule is N#CCC(=O)N/N=C\c1cc(-c2ccccc2)sc1O. The number of hydrogen-bond acceptors (Lipinski definition) is 5. The minimum Gasteiger partial charge on any atom is -0.499 e. The number of aromatic hydroxyl groups is 1. The zero-order valence-corrected chi connectivity index (χ0v) is 11.2. The summed E-state index contributed by atoms with van der Waals surface area (Å²) in [6.45, 7) is 0. The summed E-state index contributed by atoms with van der Waals surface area (Å²) >= 11 is 1.24. The maximum Gasteiger partial charge on any atom is 0.254 e. The van der Waals surface area contributed by atoms with Crippen LogP contribution in [0.2, 0.25) is 0 Å². The third-order valence-corrected chi connectivity index (χ3v) is 3.43. The minimum atomic E-state index is -0.484. The molecule has 0 saturated carbocycles. The minimum absolute atomic E-state index is 0.127. The lowest BCUT2D eigenvalue weighted by Crippen LogP contribution is -2.16. The van der Waals surface area contributed by atoms with Gasteiger partial charge in [0.2, 0.25) is 0 Å². The number of carbonyl (C=O) groups excluding carboxylic acids is 1. The fourth-order valence-corrected chi connectivity index (χ4v) is 2.40. The molecule has 0 spiro atoms. The molecule has 0 bridgehead atoms. The van der Waals surface area contributed by atoms with Crippen LogP contribution >= 0.6 is 11.3 Å². The van der Waals surface area contributed by atoms with Crippen LogP contribution in [0.15, 0.2) is 41.5 Å². The third-order valence-electron chi connectivity index (χ3n) is 2.43. The van der Waals surface area contributed by atoms with Crippen molar-refractivity contribution in [2.75, 3.05) is 0 Å². The van der Waals surface area contributed by atoms with E-state index in [1.807, 2.05) is 30.3 Å². The second-order valence-electron chi connectivity index (χ2n) is 3.87. The van der Waals surface area contributed by atoms with Crippen molar-refractivity contribution >= 4 is 23.5 Å². The molecule has 0 saturated heterocycles. The highest BCUT2D eigenvalue weighted by atomic mass is 32.1. The zero-order valence-electron chi connectivity index (χ0n) is 10.4. The van der Waals surface area contributed by atoms with Gasteiger partial charge in [0.05, 0.1) is 12.3 Å². The highest BCUT2D eigenvalue weighted by Gasteiger charge is 2.07. The first-order valence-electron chi connectivity index (χ1n) is 5.78. The number of benzene rings is 1. The lowest BCUT2D eigenvalue weighted by Gasteiger charge is -1.93. The van der Waals surface area contributed by atoms with Gasteiger partial charge in [0.1, 0.15) is 6.42 Å². The van der Waals surface area contributed by atoms with Crippen LogP contribution in [0.3, 0.4) is 0 Å². The molecule has 1 aromatic heterocycles. The third kappa shape index (κ3) is 3.43. The lowest BCUT2D eigenvalue weighted by atomic mass is 10.2. The number of hydrogen-bond donors (Lipinski definition) is 2. The van der Waals surface area contributed by atoms with Gasteiger partial charge >= 0.3 is 0 Å².